The fourth-order valence-electron chi connectivity index (χ4n) is 1.71. The topological polar surface area (TPSA) is 101 Å². The molecule has 1 amide bonds. The second-order valence-corrected chi connectivity index (χ2v) is 4.90. The number of nitrogens with two attached hydrogens (primary N) is 2. The van der Waals surface area contributed by atoms with Crippen molar-refractivity contribution in [3.8, 4) is 0 Å². The molecule has 0 saturated heterocycles. The van der Waals surface area contributed by atoms with Crippen LogP contribution < -0.4 is 16.8 Å². The first-order valence-electron chi connectivity index (χ1n) is 5.71. The van der Waals surface area contributed by atoms with Crippen LogP contribution in [0.25, 0.3) is 0 Å². The summed E-state index contributed by atoms with van der Waals surface area (Å²) in [6.07, 6.45) is -0.645. The zero-order chi connectivity index (χ0) is 13.8. The highest BCUT2D eigenvalue weighted by Crippen LogP contribution is 2.21. The molecule has 100 valence electrons. The van der Waals surface area contributed by atoms with Crippen molar-refractivity contribution in [3.05, 3.63) is 46.2 Å². The summed E-state index contributed by atoms with van der Waals surface area (Å²) in [5.41, 5.74) is 13.2. The van der Waals surface area contributed by atoms with Gasteiger partial charge in [0.25, 0.3) is 5.91 Å². The first kappa shape index (κ1) is 13.4. The Balaban J connectivity index is 2.10. The summed E-state index contributed by atoms with van der Waals surface area (Å²) in [5, 5.41) is 16.7. The molecule has 0 radical (unpaired) electrons. The van der Waals surface area contributed by atoms with Gasteiger partial charge in [0.2, 0.25) is 0 Å². The van der Waals surface area contributed by atoms with Crippen LogP contribution in [0.1, 0.15) is 22.0 Å². The number of rotatable bonds is 5. The Bertz CT molecular complexity index is 569. The molecule has 19 heavy (non-hydrogen) atoms. The SMILES string of the molecule is NC(=O)c1ccc(N)cc1NCC(O)c1ccsc1. The second-order valence-electron chi connectivity index (χ2n) is 4.12. The van der Waals surface area contributed by atoms with E-state index in [1.807, 2.05) is 16.8 Å². The Labute approximate surface area is 114 Å². The molecule has 1 unspecified atom stereocenters. The van der Waals surface area contributed by atoms with E-state index in [4.69, 9.17) is 11.5 Å². The van der Waals surface area contributed by atoms with Gasteiger partial charge in [-0.25, -0.2) is 0 Å². The molecule has 6 N–H and O–H groups in total. The van der Waals surface area contributed by atoms with Crippen LogP contribution >= 0.6 is 11.3 Å². The van der Waals surface area contributed by atoms with Crippen LogP contribution in [0, 0.1) is 0 Å². The van der Waals surface area contributed by atoms with E-state index >= 15 is 0 Å². The van der Waals surface area contributed by atoms with E-state index in [1.54, 1.807) is 18.2 Å². The third-order valence-corrected chi connectivity index (χ3v) is 3.42. The largest absolute Gasteiger partial charge is 0.399 e. The lowest BCUT2D eigenvalue weighted by molar-refractivity contribution is 0.100. The maximum atomic E-state index is 11.3. The van der Waals surface area contributed by atoms with Crippen molar-refractivity contribution in [1.82, 2.24) is 0 Å². The minimum atomic E-state index is -0.645. The van der Waals surface area contributed by atoms with E-state index < -0.39 is 12.0 Å². The highest BCUT2D eigenvalue weighted by Gasteiger charge is 2.11. The van der Waals surface area contributed by atoms with Crippen molar-refractivity contribution in [2.45, 2.75) is 6.10 Å². The Hall–Kier alpha value is -2.05. The number of nitrogens with one attached hydrogen (secondary N) is 1. The number of aliphatic hydroxyl groups excluding tert-OH is 1. The molecular weight excluding hydrogens is 262 g/mol. The van der Waals surface area contributed by atoms with E-state index in [0.29, 0.717) is 16.9 Å². The molecule has 2 rings (SSSR count). The second kappa shape index (κ2) is 5.73. The first-order chi connectivity index (χ1) is 9.08. The molecule has 0 saturated carbocycles. The molecule has 0 bridgehead atoms. The number of carbonyl (C=O) groups is 1. The van der Waals surface area contributed by atoms with Crippen molar-refractivity contribution in [2.24, 2.45) is 5.73 Å². The predicted octanol–water partition coefficient (Wildman–Crippen LogP) is 1.57. The van der Waals surface area contributed by atoms with Crippen LogP contribution in [0.3, 0.4) is 0 Å². The molecular formula is C13H15N3O2S. The molecule has 2 aromatic rings. The fraction of sp³-hybridized carbons (Fsp3) is 0.154. The summed E-state index contributed by atoms with van der Waals surface area (Å²) in [4.78, 5) is 11.3. The summed E-state index contributed by atoms with van der Waals surface area (Å²) in [6, 6.07) is 6.66. The average molecular weight is 277 g/mol. The van der Waals surface area contributed by atoms with Crippen LogP contribution in [-0.2, 0) is 0 Å². The van der Waals surface area contributed by atoms with Gasteiger partial charge in [0.1, 0.15) is 0 Å². The van der Waals surface area contributed by atoms with Gasteiger partial charge in [-0.2, -0.15) is 11.3 Å². The minimum Gasteiger partial charge on any atom is -0.399 e. The average Bonchev–Trinajstić information content (AvgIpc) is 2.89. The summed E-state index contributed by atoms with van der Waals surface area (Å²) >= 11 is 1.52. The molecule has 1 atom stereocenters. The molecule has 0 fully saturated rings. The molecule has 6 heteroatoms. The molecule has 0 aliphatic heterocycles. The molecule has 1 heterocycles. The monoisotopic (exact) mass is 277 g/mol. The Morgan fingerprint density at radius 1 is 1.42 bits per heavy atom. The minimum absolute atomic E-state index is 0.278. The van der Waals surface area contributed by atoms with Gasteiger partial charge in [-0.3, -0.25) is 4.79 Å². The van der Waals surface area contributed by atoms with Crippen molar-refractivity contribution in [3.63, 3.8) is 0 Å². The molecule has 1 aromatic heterocycles. The maximum Gasteiger partial charge on any atom is 0.250 e. The summed E-state index contributed by atoms with van der Waals surface area (Å²) in [7, 11) is 0. The first-order valence-corrected chi connectivity index (χ1v) is 6.65. The van der Waals surface area contributed by atoms with E-state index in [2.05, 4.69) is 5.32 Å². The van der Waals surface area contributed by atoms with Gasteiger partial charge in [-0.15, -0.1) is 0 Å². The third kappa shape index (κ3) is 3.24. The zero-order valence-electron chi connectivity index (χ0n) is 10.2. The normalized spacial score (nSPS) is 12.1. The Kier molecular flexibility index (Phi) is 4.03. The smallest absolute Gasteiger partial charge is 0.250 e. The molecule has 0 aliphatic carbocycles. The number of benzene rings is 1. The fourth-order valence-corrected chi connectivity index (χ4v) is 2.42. The van der Waals surface area contributed by atoms with Crippen LogP contribution in [-0.4, -0.2) is 17.6 Å². The number of amides is 1. The van der Waals surface area contributed by atoms with Crippen LogP contribution in [0.2, 0.25) is 0 Å². The van der Waals surface area contributed by atoms with Crippen LogP contribution in [0.5, 0.6) is 0 Å². The van der Waals surface area contributed by atoms with E-state index in [-0.39, 0.29) is 6.54 Å². The Morgan fingerprint density at radius 3 is 2.84 bits per heavy atom. The van der Waals surface area contributed by atoms with E-state index in [0.717, 1.165) is 5.56 Å². The number of thiophene rings is 1. The van der Waals surface area contributed by atoms with E-state index in [1.165, 1.54) is 11.3 Å². The van der Waals surface area contributed by atoms with Gasteiger partial charge in [0.05, 0.1) is 11.7 Å². The van der Waals surface area contributed by atoms with Gasteiger partial charge < -0.3 is 21.9 Å². The highest BCUT2D eigenvalue weighted by atomic mass is 32.1. The lowest BCUT2D eigenvalue weighted by atomic mass is 10.1. The van der Waals surface area contributed by atoms with Crippen LogP contribution in [0.4, 0.5) is 11.4 Å². The van der Waals surface area contributed by atoms with Crippen molar-refractivity contribution < 1.29 is 9.90 Å². The molecule has 1 aromatic carbocycles. The standard InChI is InChI=1S/C13H15N3O2S/c14-9-1-2-10(13(15)18)11(5-9)16-6-12(17)8-3-4-19-7-8/h1-5,7,12,16-17H,6,14H2,(H2,15,18). The quantitative estimate of drug-likeness (QED) is 0.623. The summed E-state index contributed by atoms with van der Waals surface area (Å²) in [5.74, 6) is -0.535. The van der Waals surface area contributed by atoms with E-state index in [9.17, 15) is 9.90 Å². The van der Waals surface area contributed by atoms with Crippen molar-refractivity contribution >= 4 is 28.6 Å². The number of nitrogen functional groups attached to an aromatic ring is 1. The lowest BCUT2D eigenvalue weighted by Crippen LogP contribution is -2.17. The number of anilines is 2. The van der Waals surface area contributed by atoms with Crippen LogP contribution in [0.15, 0.2) is 35.0 Å². The third-order valence-electron chi connectivity index (χ3n) is 2.72. The van der Waals surface area contributed by atoms with Gasteiger partial charge >= 0.3 is 0 Å². The maximum absolute atomic E-state index is 11.3. The molecule has 5 nitrogen and oxygen atoms in total. The highest BCUT2D eigenvalue weighted by molar-refractivity contribution is 7.07. The van der Waals surface area contributed by atoms with Gasteiger partial charge in [0.15, 0.2) is 0 Å². The summed E-state index contributed by atoms with van der Waals surface area (Å²) in [6.45, 7) is 0.278. The molecule has 0 aliphatic rings. The number of primary amides is 1. The van der Waals surface area contributed by atoms with Crippen molar-refractivity contribution in [2.75, 3.05) is 17.6 Å². The van der Waals surface area contributed by atoms with Gasteiger partial charge in [-0.1, -0.05) is 0 Å². The molecule has 0 spiro atoms. The summed E-state index contributed by atoms with van der Waals surface area (Å²) < 4.78 is 0. The number of hydrogen-bond donors (Lipinski definition) is 4. The number of hydrogen-bond acceptors (Lipinski definition) is 5. The van der Waals surface area contributed by atoms with Gasteiger partial charge in [0, 0.05) is 17.9 Å². The number of aliphatic hydroxyl groups is 1. The Morgan fingerprint density at radius 2 is 2.21 bits per heavy atom. The van der Waals surface area contributed by atoms with Crippen molar-refractivity contribution in [1.29, 1.82) is 0 Å². The predicted molar refractivity (Wildman–Crippen MR) is 77.1 cm³/mol. The lowest BCUT2D eigenvalue weighted by Gasteiger charge is -2.14. The number of carbonyl (C=O) groups excluding carboxylic acids is 1. The van der Waals surface area contributed by atoms with Gasteiger partial charge in [-0.05, 0) is 40.6 Å². The zero-order valence-corrected chi connectivity index (χ0v) is 11.0.